The number of hydrogen-bond donors (Lipinski definition) is 2. The van der Waals surface area contributed by atoms with Crippen LogP contribution in [0.4, 0.5) is 5.82 Å². The second-order valence-corrected chi connectivity index (χ2v) is 5.12. The topological polar surface area (TPSA) is 75.1 Å². The standard InChI is InChI=1S/C14H12ClN3O2/c15-9-3-1-8(2-4-9)12-16-7-11(14(19)20)13(18-12)17-10-5-6-10/h1-4,7,10H,5-6H2,(H,19,20)(H,16,17,18). The average molecular weight is 290 g/mol. The number of carboxylic acids is 1. The molecule has 6 heteroatoms. The second kappa shape index (κ2) is 5.09. The minimum atomic E-state index is -1.03. The van der Waals surface area contributed by atoms with Gasteiger partial charge in [0.25, 0.3) is 0 Å². The third-order valence-corrected chi connectivity index (χ3v) is 3.29. The molecule has 1 aromatic heterocycles. The zero-order valence-corrected chi connectivity index (χ0v) is 11.3. The molecule has 20 heavy (non-hydrogen) atoms. The largest absolute Gasteiger partial charge is 0.477 e. The summed E-state index contributed by atoms with van der Waals surface area (Å²) in [5, 5.41) is 12.9. The highest BCUT2D eigenvalue weighted by molar-refractivity contribution is 6.30. The molecule has 3 rings (SSSR count). The highest BCUT2D eigenvalue weighted by Crippen LogP contribution is 2.27. The van der Waals surface area contributed by atoms with Gasteiger partial charge in [-0.05, 0) is 37.1 Å². The first-order valence-corrected chi connectivity index (χ1v) is 6.64. The minimum absolute atomic E-state index is 0.0922. The molecule has 5 nitrogen and oxygen atoms in total. The SMILES string of the molecule is O=C(O)c1cnc(-c2ccc(Cl)cc2)nc1NC1CC1. The van der Waals surface area contributed by atoms with E-state index in [1.54, 1.807) is 24.3 Å². The van der Waals surface area contributed by atoms with Crippen molar-refractivity contribution in [1.29, 1.82) is 0 Å². The lowest BCUT2D eigenvalue weighted by molar-refractivity contribution is 0.0697. The van der Waals surface area contributed by atoms with E-state index in [-0.39, 0.29) is 5.56 Å². The summed E-state index contributed by atoms with van der Waals surface area (Å²) in [6.07, 6.45) is 3.42. The molecule has 2 aromatic rings. The molecule has 0 bridgehead atoms. The molecule has 102 valence electrons. The van der Waals surface area contributed by atoms with Crippen LogP contribution < -0.4 is 5.32 Å². The number of nitrogens with zero attached hydrogens (tertiary/aromatic N) is 2. The van der Waals surface area contributed by atoms with Crippen LogP contribution in [-0.4, -0.2) is 27.1 Å². The summed E-state index contributed by atoms with van der Waals surface area (Å²) in [5.41, 5.74) is 0.889. The molecule has 0 spiro atoms. The molecule has 1 fully saturated rings. The van der Waals surface area contributed by atoms with Crippen LogP contribution in [0.3, 0.4) is 0 Å². The number of rotatable bonds is 4. The maximum absolute atomic E-state index is 11.2. The number of aromatic nitrogens is 2. The highest BCUT2D eigenvalue weighted by Gasteiger charge is 2.24. The van der Waals surface area contributed by atoms with Gasteiger partial charge in [0.2, 0.25) is 0 Å². The van der Waals surface area contributed by atoms with Gasteiger partial charge >= 0.3 is 5.97 Å². The van der Waals surface area contributed by atoms with Gasteiger partial charge in [-0.1, -0.05) is 11.6 Å². The van der Waals surface area contributed by atoms with Gasteiger partial charge in [-0.15, -0.1) is 0 Å². The number of hydrogen-bond acceptors (Lipinski definition) is 4. The number of anilines is 1. The van der Waals surface area contributed by atoms with E-state index < -0.39 is 5.97 Å². The third-order valence-electron chi connectivity index (χ3n) is 3.04. The van der Waals surface area contributed by atoms with Crippen molar-refractivity contribution in [1.82, 2.24) is 9.97 Å². The quantitative estimate of drug-likeness (QED) is 0.905. The summed E-state index contributed by atoms with van der Waals surface area (Å²) in [7, 11) is 0. The van der Waals surface area contributed by atoms with Gasteiger partial charge in [0.15, 0.2) is 5.82 Å². The van der Waals surface area contributed by atoms with E-state index in [2.05, 4.69) is 15.3 Å². The van der Waals surface area contributed by atoms with Crippen LogP contribution in [0.25, 0.3) is 11.4 Å². The maximum Gasteiger partial charge on any atom is 0.341 e. The Labute approximate surface area is 120 Å². The Bertz CT molecular complexity index is 654. The molecule has 0 unspecified atom stereocenters. The molecule has 0 aliphatic heterocycles. The molecule has 1 aliphatic rings. The lowest BCUT2D eigenvalue weighted by Gasteiger charge is -2.09. The van der Waals surface area contributed by atoms with Gasteiger partial charge in [-0.3, -0.25) is 0 Å². The third kappa shape index (κ3) is 2.72. The molecule has 0 amide bonds. The fourth-order valence-corrected chi connectivity index (χ4v) is 1.93. The molecule has 1 aliphatic carbocycles. The molecule has 0 radical (unpaired) electrons. The zero-order valence-electron chi connectivity index (χ0n) is 10.5. The van der Waals surface area contributed by atoms with Gasteiger partial charge in [-0.25, -0.2) is 14.8 Å². The number of nitrogens with one attached hydrogen (secondary N) is 1. The van der Waals surface area contributed by atoms with Crippen LogP contribution in [0.1, 0.15) is 23.2 Å². The van der Waals surface area contributed by atoms with Gasteiger partial charge in [0, 0.05) is 22.8 Å². The number of benzene rings is 1. The van der Waals surface area contributed by atoms with E-state index >= 15 is 0 Å². The van der Waals surface area contributed by atoms with Crippen molar-refractivity contribution in [3.05, 3.63) is 41.0 Å². The van der Waals surface area contributed by atoms with Gasteiger partial charge in [-0.2, -0.15) is 0 Å². The molecule has 1 saturated carbocycles. The van der Waals surface area contributed by atoms with Crippen molar-refractivity contribution in [3.63, 3.8) is 0 Å². The first kappa shape index (κ1) is 12.9. The van der Waals surface area contributed by atoms with Crippen molar-refractivity contribution in [3.8, 4) is 11.4 Å². The summed E-state index contributed by atoms with van der Waals surface area (Å²) in [6.45, 7) is 0. The Balaban J connectivity index is 1.99. The molecule has 1 aromatic carbocycles. The lowest BCUT2D eigenvalue weighted by Crippen LogP contribution is -2.11. The van der Waals surface area contributed by atoms with Crippen LogP contribution in [0.15, 0.2) is 30.5 Å². The molecule has 0 saturated heterocycles. The Morgan fingerprint density at radius 2 is 2.00 bits per heavy atom. The van der Waals surface area contributed by atoms with E-state index in [1.807, 2.05) is 0 Å². The van der Waals surface area contributed by atoms with E-state index in [9.17, 15) is 4.79 Å². The summed E-state index contributed by atoms with van der Waals surface area (Å²) >= 11 is 5.84. The Hall–Kier alpha value is -2.14. The van der Waals surface area contributed by atoms with Crippen molar-refractivity contribution in [2.75, 3.05) is 5.32 Å². The Kier molecular flexibility index (Phi) is 3.28. The van der Waals surface area contributed by atoms with Crippen molar-refractivity contribution < 1.29 is 9.90 Å². The lowest BCUT2D eigenvalue weighted by atomic mass is 10.2. The second-order valence-electron chi connectivity index (χ2n) is 4.69. The molecular weight excluding hydrogens is 278 g/mol. The fraction of sp³-hybridized carbons (Fsp3) is 0.214. The van der Waals surface area contributed by atoms with Crippen LogP contribution in [-0.2, 0) is 0 Å². The molecular formula is C14H12ClN3O2. The van der Waals surface area contributed by atoms with Crippen LogP contribution in [0.2, 0.25) is 5.02 Å². The number of carboxylic acid groups (broad SMARTS) is 1. The fourth-order valence-electron chi connectivity index (χ4n) is 1.81. The number of halogens is 1. The first-order chi connectivity index (χ1) is 9.63. The smallest absolute Gasteiger partial charge is 0.341 e. The van der Waals surface area contributed by atoms with E-state index in [0.29, 0.717) is 22.7 Å². The molecule has 2 N–H and O–H groups in total. The van der Waals surface area contributed by atoms with Crippen LogP contribution >= 0.6 is 11.6 Å². The van der Waals surface area contributed by atoms with Crippen molar-refractivity contribution in [2.45, 2.75) is 18.9 Å². The first-order valence-electron chi connectivity index (χ1n) is 6.26. The zero-order chi connectivity index (χ0) is 14.1. The summed E-state index contributed by atoms with van der Waals surface area (Å²) in [4.78, 5) is 19.6. The van der Waals surface area contributed by atoms with E-state index in [4.69, 9.17) is 16.7 Å². The van der Waals surface area contributed by atoms with Crippen molar-refractivity contribution in [2.24, 2.45) is 0 Å². The summed E-state index contributed by atoms with van der Waals surface area (Å²) in [6, 6.07) is 7.43. The monoisotopic (exact) mass is 289 g/mol. The van der Waals surface area contributed by atoms with Gasteiger partial charge < -0.3 is 10.4 Å². The van der Waals surface area contributed by atoms with E-state index in [0.717, 1.165) is 18.4 Å². The predicted octanol–water partition coefficient (Wildman–Crippen LogP) is 3.07. The summed E-state index contributed by atoms with van der Waals surface area (Å²) < 4.78 is 0. The normalized spacial score (nSPS) is 14.1. The molecule has 1 heterocycles. The maximum atomic E-state index is 11.2. The highest BCUT2D eigenvalue weighted by atomic mass is 35.5. The van der Waals surface area contributed by atoms with Gasteiger partial charge in [0.05, 0.1) is 0 Å². The van der Waals surface area contributed by atoms with Crippen LogP contribution in [0, 0.1) is 0 Å². The number of aromatic carboxylic acids is 1. The van der Waals surface area contributed by atoms with Crippen molar-refractivity contribution >= 4 is 23.4 Å². The Morgan fingerprint density at radius 1 is 1.30 bits per heavy atom. The average Bonchev–Trinajstić information content (AvgIpc) is 3.23. The van der Waals surface area contributed by atoms with Gasteiger partial charge in [0.1, 0.15) is 11.4 Å². The predicted molar refractivity (Wildman–Crippen MR) is 76.1 cm³/mol. The summed E-state index contributed by atoms with van der Waals surface area (Å²) in [5.74, 6) is -0.175. The molecule has 0 atom stereocenters. The van der Waals surface area contributed by atoms with Crippen LogP contribution in [0.5, 0.6) is 0 Å². The minimum Gasteiger partial charge on any atom is -0.477 e. The Morgan fingerprint density at radius 3 is 2.60 bits per heavy atom. The van der Waals surface area contributed by atoms with E-state index in [1.165, 1.54) is 6.20 Å². The number of carbonyl (C=O) groups is 1.